The molecule has 0 amide bonds. The first-order valence-electron chi connectivity index (χ1n) is 5.15. The fourth-order valence-electron chi connectivity index (χ4n) is 1.48. The van der Waals surface area contributed by atoms with Crippen molar-refractivity contribution >= 4 is 23.4 Å². The van der Waals surface area contributed by atoms with Crippen LogP contribution in [-0.4, -0.2) is 0 Å². The van der Waals surface area contributed by atoms with Crippen LogP contribution in [-0.2, 0) is 0 Å². The number of rotatable bonds is 2. The monoisotopic (exact) mass is 236 g/mol. The highest BCUT2D eigenvalue weighted by Gasteiger charge is 2.06. The summed E-state index contributed by atoms with van der Waals surface area (Å²) in [5.41, 5.74) is 0. The van der Waals surface area contributed by atoms with Gasteiger partial charge in [-0.05, 0) is 31.4 Å². The molecule has 0 unspecified atom stereocenters. The molecule has 0 radical (unpaired) electrons. The number of allylic oxidation sites excluding steroid dienone is 3. The van der Waals surface area contributed by atoms with Crippen LogP contribution in [0.25, 0.3) is 0 Å². The van der Waals surface area contributed by atoms with Gasteiger partial charge in [0.2, 0.25) is 0 Å². The van der Waals surface area contributed by atoms with E-state index >= 15 is 0 Å². The van der Waals surface area contributed by atoms with Crippen molar-refractivity contribution in [1.82, 2.24) is 0 Å². The molecule has 0 fully saturated rings. The molecule has 1 aliphatic rings. The third-order valence-electron chi connectivity index (χ3n) is 2.27. The summed E-state index contributed by atoms with van der Waals surface area (Å²) in [5, 5.41) is 0.904. The van der Waals surface area contributed by atoms with Gasteiger partial charge in [0, 0.05) is 9.80 Å². The van der Waals surface area contributed by atoms with E-state index in [2.05, 4.69) is 36.4 Å². The molecule has 1 aromatic rings. The van der Waals surface area contributed by atoms with E-state index in [4.69, 9.17) is 11.6 Å². The zero-order valence-electron chi connectivity index (χ0n) is 8.45. The van der Waals surface area contributed by atoms with Crippen molar-refractivity contribution in [2.75, 3.05) is 0 Å². The minimum absolute atomic E-state index is 0.904. The molecule has 2 rings (SSSR count). The van der Waals surface area contributed by atoms with Gasteiger partial charge in [0.15, 0.2) is 0 Å². The van der Waals surface area contributed by atoms with Gasteiger partial charge in [-0.3, -0.25) is 0 Å². The van der Waals surface area contributed by atoms with Crippen LogP contribution in [0.15, 0.2) is 57.3 Å². The molecule has 0 nitrogen and oxygen atoms in total. The third-order valence-corrected chi connectivity index (χ3v) is 3.85. The van der Waals surface area contributed by atoms with E-state index < -0.39 is 0 Å². The smallest absolute Gasteiger partial charge is 0.0502 e. The summed E-state index contributed by atoms with van der Waals surface area (Å²) in [6, 6.07) is 10.4. The minimum Gasteiger partial charge on any atom is -0.0889 e. The van der Waals surface area contributed by atoms with E-state index in [0.717, 1.165) is 17.9 Å². The Morgan fingerprint density at radius 3 is 2.53 bits per heavy atom. The van der Waals surface area contributed by atoms with Crippen LogP contribution in [0, 0.1) is 0 Å². The lowest BCUT2D eigenvalue weighted by molar-refractivity contribution is 0.875. The van der Waals surface area contributed by atoms with E-state index in [1.165, 1.54) is 16.2 Å². The Balaban J connectivity index is 2.14. The summed E-state index contributed by atoms with van der Waals surface area (Å²) in [6.45, 7) is 0. The van der Waals surface area contributed by atoms with Gasteiger partial charge in [0.1, 0.15) is 0 Å². The molecule has 0 spiro atoms. The maximum atomic E-state index is 6.21. The maximum Gasteiger partial charge on any atom is 0.0502 e. The predicted octanol–water partition coefficient (Wildman–Crippen LogP) is 4.97. The largest absolute Gasteiger partial charge is 0.0889 e. The standard InChI is InChI=1S/C13H13ClS/c14-12-9-5-2-6-10-13(12)15-11-7-3-1-4-8-11/h1,3-4,7-10H,2,5-6H2. The lowest BCUT2D eigenvalue weighted by Crippen LogP contribution is -1.77. The first-order valence-corrected chi connectivity index (χ1v) is 6.35. The van der Waals surface area contributed by atoms with E-state index in [9.17, 15) is 0 Å². The van der Waals surface area contributed by atoms with Crippen molar-refractivity contribution < 1.29 is 0 Å². The second kappa shape index (κ2) is 5.43. The molecule has 0 aliphatic heterocycles. The summed E-state index contributed by atoms with van der Waals surface area (Å²) in [7, 11) is 0. The van der Waals surface area contributed by atoms with Crippen LogP contribution in [0.1, 0.15) is 19.3 Å². The summed E-state index contributed by atoms with van der Waals surface area (Å²) in [4.78, 5) is 2.44. The first kappa shape index (κ1) is 10.8. The molecular weight excluding hydrogens is 224 g/mol. The topological polar surface area (TPSA) is 0 Å². The second-order valence-electron chi connectivity index (χ2n) is 3.47. The van der Waals surface area contributed by atoms with Crippen molar-refractivity contribution in [1.29, 1.82) is 0 Å². The fourth-order valence-corrected chi connectivity index (χ4v) is 2.71. The van der Waals surface area contributed by atoms with Crippen LogP contribution in [0.5, 0.6) is 0 Å². The van der Waals surface area contributed by atoms with E-state index in [1.807, 2.05) is 6.07 Å². The van der Waals surface area contributed by atoms with Gasteiger partial charge < -0.3 is 0 Å². The molecule has 0 saturated heterocycles. The normalized spacial score (nSPS) is 16.6. The minimum atomic E-state index is 0.904. The van der Waals surface area contributed by atoms with Crippen molar-refractivity contribution in [3.8, 4) is 0 Å². The van der Waals surface area contributed by atoms with Gasteiger partial charge in [-0.2, -0.15) is 0 Å². The van der Waals surface area contributed by atoms with Crippen molar-refractivity contribution in [2.45, 2.75) is 24.2 Å². The average molecular weight is 237 g/mol. The molecule has 2 heteroatoms. The molecule has 1 aromatic carbocycles. The summed E-state index contributed by atoms with van der Waals surface area (Å²) in [6.07, 6.45) is 7.78. The van der Waals surface area contributed by atoms with Gasteiger partial charge in [-0.15, -0.1) is 0 Å². The SMILES string of the molecule is ClC1=CCCCC=C1Sc1ccccc1. The Labute approximate surface area is 100 Å². The highest BCUT2D eigenvalue weighted by atomic mass is 35.5. The Morgan fingerprint density at radius 2 is 1.73 bits per heavy atom. The molecule has 0 atom stereocenters. The fraction of sp³-hybridized carbons (Fsp3) is 0.231. The highest BCUT2D eigenvalue weighted by molar-refractivity contribution is 8.03. The number of halogens is 1. The Kier molecular flexibility index (Phi) is 3.93. The number of benzene rings is 1. The summed E-state index contributed by atoms with van der Waals surface area (Å²) < 4.78 is 0. The van der Waals surface area contributed by atoms with Crippen molar-refractivity contribution in [2.24, 2.45) is 0 Å². The molecule has 0 N–H and O–H groups in total. The van der Waals surface area contributed by atoms with E-state index in [1.54, 1.807) is 11.8 Å². The van der Waals surface area contributed by atoms with Gasteiger partial charge in [0.05, 0.1) is 5.03 Å². The molecule has 1 aliphatic carbocycles. The molecule has 0 bridgehead atoms. The van der Waals surface area contributed by atoms with Crippen LogP contribution < -0.4 is 0 Å². The lowest BCUT2D eigenvalue weighted by atomic mass is 10.2. The van der Waals surface area contributed by atoms with Crippen molar-refractivity contribution in [3.05, 3.63) is 52.4 Å². The Bertz CT molecular complexity index is 379. The highest BCUT2D eigenvalue weighted by Crippen LogP contribution is 2.35. The zero-order valence-corrected chi connectivity index (χ0v) is 10.0. The van der Waals surface area contributed by atoms with Crippen molar-refractivity contribution in [3.63, 3.8) is 0 Å². The van der Waals surface area contributed by atoms with Crippen LogP contribution in [0.4, 0.5) is 0 Å². The summed E-state index contributed by atoms with van der Waals surface area (Å²) >= 11 is 7.96. The molecular formula is C13H13ClS. The number of hydrogen-bond donors (Lipinski definition) is 0. The Hall–Kier alpha value is -0.660. The van der Waals surface area contributed by atoms with Crippen LogP contribution in [0.3, 0.4) is 0 Å². The molecule has 0 aromatic heterocycles. The Morgan fingerprint density at radius 1 is 1.00 bits per heavy atom. The molecule has 0 saturated carbocycles. The maximum absolute atomic E-state index is 6.21. The second-order valence-corrected chi connectivity index (χ2v) is 4.99. The van der Waals surface area contributed by atoms with Gasteiger partial charge >= 0.3 is 0 Å². The number of hydrogen-bond acceptors (Lipinski definition) is 1. The quantitative estimate of drug-likeness (QED) is 0.699. The molecule has 15 heavy (non-hydrogen) atoms. The number of thioether (sulfide) groups is 1. The van der Waals surface area contributed by atoms with E-state index in [-0.39, 0.29) is 0 Å². The predicted molar refractivity (Wildman–Crippen MR) is 68.2 cm³/mol. The van der Waals surface area contributed by atoms with Crippen LogP contribution >= 0.6 is 23.4 Å². The molecule has 78 valence electrons. The van der Waals surface area contributed by atoms with Gasteiger partial charge in [-0.1, -0.05) is 53.7 Å². The van der Waals surface area contributed by atoms with E-state index in [0.29, 0.717) is 0 Å². The van der Waals surface area contributed by atoms with Gasteiger partial charge in [0.25, 0.3) is 0 Å². The van der Waals surface area contributed by atoms with Crippen LogP contribution in [0.2, 0.25) is 0 Å². The third kappa shape index (κ3) is 3.15. The summed E-state index contributed by atoms with van der Waals surface area (Å²) in [5.74, 6) is 0. The molecule has 0 heterocycles. The zero-order chi connectivity index (χ0) is 10.5. The lowest BCUT2D eigenvalue weighted by Gasteiger charge is -2.04. The van der Waals surface area contributed by atoms with Gasteiger partial charge in [-0.25, -0.2) is 0 Å². The first-order chi connectivity index (χ1) is 7.36. The average Bonchev–Trinajstić information content (AvgIpc) is 2.46.